The van der Waals surface area contributed by atoms with Crippen molar-refractivity contribution < 1.29 is 9.59 Å². The van der Waals surface area contributed by atoms with Crippen molar-refractivity contribution in [2.24, 2.45) is 5.73 Å². The predicted octanol–water partition coefficient (Wildman–Crippen LogP) is 2.53. The Bertz CT molecular complexity index is 648. The molecular weight excluding hydrogens is 264 g/mol. The van der Waals surface area contributed by atoms with Crippen LogP contribution in [0.15, 0.2) is 48.5 Å². The molecule has 2 aromatic rings. The number of primary amides is 1. The molecule has 0 aliphatic carbocycles. The van der Waals surface area contributed by atoms with Gasteiger partial charge in [0.15, 0.2) is 0 Å². The van der Waals surface area contributed by atoms with Gasteiger partial charge in [0.2, 0.25) is 5.91 Å². The maximum absolute atomic E-state index is 12.2. The summed E-state index contributed by atoms with van der Waals surface area (Å²) in [6.45, 7) is 2.06. The molecule has 0 bridgehead atoms. The molecule has 0 radical (unpaired) electrons. The number of hydrogen-bond donors (Lipinski definition) is 2. The van der Waals surface area contributed by atoms with Crippen molar-refractivity contribution >= 4 is 17.5 Å². The Kier molecular flexibility index (Phi) is 4.72. The third kappa shape index (κ3) is 3.92. The summed E-state index contributed by atoms with van der Waals surface area (Å²) in [6.07, 6.45) is 1.04. The van der Waals surface area contributed by atoms with Crippen LogP contribution in [0.25, 0.3) is 0 Å². The van der Waals surface area contributed by atoms with Crippen LogP contribution in [0, 0.1) is 0 Å². The maximum atomic E-state index is 12.2. The van der Waals surface area contributed by atoms with Gasteiger partial charge in [-0.25, -0.2) is 0 Å². The zero-order chi connectivity index (χ0) is 15.2. The quantitative estimate of drug-likeness (QED) is 0.884. The highest BCUT2D eigenvalue weighted by Crippen LogP contribution is 2.17. The summed E-state index contributed by atoms with van der Waals surface area (Å²) in [4.78, 5) is 23.3. The van der Waals surface area contributed by atoms with E-state index in [-0.39, 0.29) is 12.3 Å². The minimum Gasteiger partial charge on any atom is -0.369 e. The van der Waals surface area contributed by atoms with E-state index >= 15 is 0 Å². The Balaban J connectivity index is 2.17. The summed E-state index contributed by atoms with van der Waals surface area (Å²) in [7, 11) is 0. The first kappa shape index (κ1) is 14.8. The summed E-state index contributed by atoms with van der Waals surface area (Å²) < 4.78 is 0. The lowest BCUT2D eigenvalue weighted by Gasteiger charge is -2.10. The highest BCUT2D eigenvalue weighted by molar-refractivity contribution is 6.04. The van der Waals surface area contributed by atoms with Gasteiger partial charge in [0.25, 0.3) is 5.91 Å². The fraction of sp³-hybridized carbons (Fsp3) is 0.176. The number of hydrogen-bond acceptors (Lipinski definition) is 2. The van der Waals surface area contributed by atoms with Gasteiger partial charge in [0, 0.05) is 11.3 Å². The van der Waals surface area contributed by atoms with Gasteiger partial charge in [-0.2, -0.15) is 0 Å². The first-order chi connectivity index (χ1) is 10.1. The molecule has 0 aliphatic heterocycles. The van der Waals surface area contributed by atoms with E-state index < -0.39 is 5.91 Å². The SMILES string of the molecule is CCc1ccc(C(=O)Nc2ccccc2CC(N)=O)cc1. The summed E-state index contributed by atoms with van der Waals surface area (Å²) in [5, 5.41) is 2.82. The van der Waals surface area contributed by atoms with Gasteiger partial charge >= 0.3 is 0 Å². The Hall–Kier alpha value is -2.62. The van der Waals surface area contributed by atoms with Crippen molar-refractivity contribution in [3.8, 4) is 0 Å². The molecule has 2 rings (SSSR count). The lowest BCUT2D eigenvalue weighted by atomic mass is 10.1. The van der Waals surface area contributed by atoms with Gasteiger partial charge in [0.1, 0.15) is 0 Å². The van der Waals surface area contributed by atoms with Gasteiger partial charge in [-0.1, -0.05) is 37.3 Å². The minimum absolute atomic E-state index is 0.102. The summed E-state index contributed by atoms with van der Waals surface area (Å²) >= 11 is 0. The van der Waals surface area contributed by atoms with Gasteiger partial charge in [-0.3, -0.25) is 9.59 Å². The first-order valence-electron chi connectivity index (χ1n) is 6.86. The number of amides is 2. The monoisotopic (exact) mass is 282 g/mol. The van der Waals surface area contributed by atoms with Gasteiger partial charge in [-0.15, -0.1) is 0 Å². The largest absolute Gasteiger partial charge is 0.369 e. The van der Waals surface area contributed by atoms with E-state index in [0.717, 1.165) is 6.42 Å². The number of aryl methyl sites for hydroxylation is 1. The van der Waals surface area contributed by atoms with Crippen molar-refractivity contribution in [3.05, 3.63) is 65.2 Å². The third-order valence-corrected chi connectivity index (χ3v) is 3.25. The summed E-state index contributed by atoms with van der Waals surface area (Å²) in [5.74, 6) is -0.626. The zero-order valence-corrected chi connectivity index (χ0v) is 11.9. The highest BCUT2D eigenvalue weighted by atomic mass is 16.2. The topological polar surface area (TPSA) is 72.2 Å². The molecule has 0 aliphatic rings. The second-order valence-electron chi connectivity index (χ2n) is 4.80. The van der Waals surface area contributed by atoms with Gasteiger partial charge < -0.3 is 11.1 Å². The maximum Gasteiger partial charge on any atom is 0.255 e. The minimum atomic E-state index is -0.427. The molecule has 4 heteroatoms. The van der Waals surface area contributed by atoms with Crippen LogP contribution in [0.1, 0.15) is 28.4 Å². The summed E-state index contributed by atoms with van der Waals surface area (Å²) in [5.41, 5.74) is 8.30. The molecule has 0 aromatic heterocycles. The Morgan fingerprint density at radius 2 is 1.71 bits per heavy atom. The first-order valence-corrected chi connectivity index (χ1v) is 6.86. The molecule has 21 heavy (non-hydrogen) atoms. The van der Waals surface area contributed by atoms with Crippen molar-refractivity contribution in [2.45, 2.75) is 19.8 Å². The van der Waals surface area contributed by atoms with Crippen LogP contribution in [0.2, 0.25) is 0 Å². The molecule has 2 aromatic carbocycles. The standard InChI is InChI=1S/C17H18N2O2/c1-2-12-7-9-13(10-8-12)17(21)19-15-6-4-3-5-14(15)11-16(18)20/h3-10H,2,11H2,1H3,(H2,18,20)(H,19,21). The molecule has 2 amide bonds. The zero-order valence-electron chi connectivity index (χ0n) is 11.9. The molecule has 0 fully saturated rings. The van der Waals surface area contributed by atoms with Gasteiger partial charge in [0.05, 0.1) is 6.42 Å². The average molecular weight is 282 g/mol. The van der Waals surface area contributed by atoms with Crippen LogP contribution < -0.4 is 11.1 Å². The highest BCUT2D eigenvalue weighted by Gasteiger charge is 2.10. The predicted molar refractivity (Wildman–Crippen MR) is 83.1 cm³/mol. The Morgan fingerprint density at radius 3 is 2.33 bits per heavy atom. The van der Waals surface area contributed by atoms with Crippen LogP contribution in [0.4, 0.5) is 5.69 Å². The second-order valence-corrected chi connectivity index (χ2v) is 4.80. The van der Waals surface area contributed by atoms with E-state index in [1.165, 1.54) is 5.56 Å². The van der Waals surface area contributed by atoms with Crippen LogP contribution in [0.5, 0.6) is 0 Å². The number of benzene rings is 2. The number of para-hydroxylation sites is 1. The molecule has 0 heterocycles. The molecule has 0 spiro atoms. The van der Waals surface area contributed by atoms with Crippen molar-refractivity contribution in [3.63, 3.8) is 0 Å². The normalized spacial score (nSPS) is 10.1. The van der Waals surface area contributed by atoms with Gasteiger partial charge in [-0.05, 0) is 35.7 Å². The Labute approximate surface area is 124 Å². The van der Waals surface area contributed by atoms with Crippen LogP contribution in [0.3, 0.4) is 0 Å². The number of carbonyl (C=O) groups excluding carboxylic acids is 2. The van der Waals surface area contributed by atoms with Crippen molar-refractivity contribution in [1.29, 1.82) is 0 Å². The molecule has 0 saturated heterocycles. The number of nitrogens with one attached hydrogen (secondary N) is 1. The van der Waals surface area contributed by atoms with Crippen LogP contribution in [-0.2, 0) is 17.6 Å². The number of anilines is 1. The number of rotatable bonds is 5. The van der Waals surface area contributed by atoms with E-state index in [4.69, 9.17) is 5.73 Å². The lowest BCUT2D eigenvalue weighted by Crippen LogP contribution is -2.17. The molecule has 3 N–H and O–H groups in total. The molecule has 0 atom stereocenters. The fourth-order valence-corrected chi connectivity index (χ4v) is 2.07. The van der Waals surface area contributed by atoms with Crippen LogP contribution in [-0.4, -0.2) is 11.8 Å². The molecule has 4 nitrogen and oxygen atoms in total. The smallest absolute Gasteiger partial charge is 0.255 e. The molecule has 0 saturated carbocycles. The third-order valence-electron chi connectivity index (χ3n) is 3.25. The number of nitrogens with two attached hydrogens (primary N) is 1. The average Bonchev–Trinajstić information content (AvgIpc) is 2.49. The molecule has 0 unspecified atom stereocenters. The van der Waals surface area contributed by atoms with E-state index in [0.29, 0.717) is 16.8 Å². The van der Waals surface area contributed by atoms with E-state index in [2.05, 4.69) is 12.2 Å². The molecule has 108 valence electrons. The molecular formula is C17H18N2O2. The summed E-state index contributed by atoms with van der Waals surface area (Å²) in [6, 6.07) is 14.6. The second kappa shape index (κ2) is 6.70. The fourth-order valence-electron chi connectivity index (χ4n) is 2.07. The number of carbonyl (C=O) groups is 2. The Morgan fingerprint density at radius 1 is 1.05 bits per heavy atom. The van der Waals surface area contributed by atoms with Crippen molar-refractivity contribution in [1.82, 2.24) is 0 Å². The van der Waals surface area contributed by atoms with E-state index in [1.807, 2.05) is 18.2 Å². The van der Waals surface area contributed by atoms with Crippen molar-refractivity contribution in [2.75, 3.05) is 5.32 Å². The lowest BCUT2D eigenvalue weighted by molar-refractivity contribution is -0.117. The van der Waals surface area contributed by atoms with Crippen LogP contribution >= 0.6 is 0 Å². The van der Waals surface area contributed by atoms with E-state index in [1.54, 1.807) is 30.3 Å². The van der Waals surface area contributed by atoms with E-state index in [9.17, 15) is 9.59 Å².